The zero-order valence-electron chi connectivity index (χ0n) is 17.0. The minimum atomic E-state index is -3.57. The number of hydrazone groups is 1. The molecule has 0 radical (unpaired) electrons. The summed E-state index contributed by atoms with van der Waals surface area (Å²) in [7, 11) is -3.57. The number of nitrogens with zero attached hydrogens (tertiary/aromatic N) is 3. The third-order valence-corrected chi connectivity index (χ3v) is 7.50. The lowest BCUT2D eigenvalue weighted by Gasteiger charge is -2.25. The summed E-state index contributed by atoms with van der Waals surface area (Å²) in [5, 5.41) is 5.82. The van der Waals surface area contributed by atoms with Crippen molar-refractivity contribution in [2.75, 3.05) is 18.1 Å². The summed E-state index contributed by atoms with van der Waals surface area (Å²) in [4.78, 5) is 25.1. The Morgan fingerprint density at radius 1 is 0.935 bits per heavy atom. The number of carbonyl (C=O) groups is 2. The normalized spacial score (nSPS) is 19.8. The van der Waals surface area contributed by atoms with E-state index in [-0.39, 0.29) is 22.8 Å². The first-order valence-electron chi connectivity index (χ1n) is 10.2. The average molecular weight is 441 g/mol. The molecule has 0 spiro atoms. The van der Waals surface area contributed by atoms with Crippen molar-refractivity contribution >= 4 is 33.1 Å². The average Bonchev–Trinajstić information content (AvgIpc) is 3.26. The number of para-hydroxylation sites is 1. The molecular formula is C22H24N4O4S. The Bertz CT molecular complexity index is 1110. The van der Waals surface area contributed by atoms with Crippen molar-refractivity contribution in [3.8, 4) is 0 Å². The van der Waals surface area contributed by atoms with Crippen LogP contribution in [0.15, 0.2) is 64.6 Å². The number of benzene rings is 2. The van der Waals surface area contributed by atoms with Gasteiger partial charge in [0.15, 0.2) is 0 Å². The fourth-order valence-corrected chi connectivity index (χ4v) is 5.40. The molecule has 1 atom stereocenters. The van der Waals surface area contributed by atoms with Crippen LogP contribution in [-0.2, 0) is 14.8 Å². The number of sulfonamides is 1. The van der Waals surface area contributed by atoms with E-state index in [0.29, 0.717) is 24.3 Å². The van der Waals surface area contributed by atoms with Gasteiger partial charge < -0.3 is 5.73 Å². The third-order valence-electron chi connectivity index (χ3n) is 5.59. The number of ketones is 1. The van der Waals surface area contributed by atoms with Crippen LogP contribution >= 0.6 is 0 Å². The summed E-state index contributed by atoms with van der Waals surface area (Å²) in [5.74, 6) is -0.926. The van der Waals surface area contributed by atoms with Crippen molar-refractivity contribution in [1.29, 1.82) is 0 Å². The van der Waals surface area contributed by atoms with E-state index in [4.69, 9.17) is 5.73 Å². The molecule has 31 heavy (non-hydrogen) atoms. The maximum absolute atomic E-state index is 13.0. The van der Waals surface area contributed by atoms with Gasteiger partial charge in [-0.2, -0.15) is 9.41 Å². The van der Waals surface area contributed by atoms with Crippen molar-refractivity contribution in [2.45, 2.75) is 36.6 Å². The monoisotopic (exact) mass is 440 g/mol. The molecule has 162 valence electrons. The van der Waals surface area contributed by atoms with E-state index >= 15 is 0 Å². The van der Waals surface area contributed by atoms with Crippen molar-refractivity contribution in [3.05, 3.63) is 60.2 Å². The number of rotatable bonds is 6. The highest BCUT2D eigenvalue weighted by Crippen LogP contribution is 2.26. The largest absolute Gasteiger partial charge is 0.368 e. The van der Waals surface area contributed by atoms with Gasteiger partial charge in [-0.25, -0.2) is 8.42 Å². The second-order valence-corrected chi connectivity index (χ2v) is 9.61. The van der Waals surface area contributed by atoms with Crippen LogP contribution in [0.1, 0.15) is 36.0 Å². The molecule has 1 amide bonds. The molecule has 2 N–H and O–H groups in total. The fourth-order valence-electron chi connectivity index (χ4n) is 3.89. The number of anilines is 1. The first kappa shape index (κ1) is 21.2. The van der Waals surface area contributed by atoms with Crippen LogP contribution in [0.3, 0.4) is 0 Å². The van der Waals surface area contributed by atoms with E-state index in [2.05, 4.69) is 5.10 Å². The highest BCUT2D eigenvalue weighted by molar-refractivity contribution is 7.89. The minimum absolute atomic E-state index is 0.0941. The van der Waals surface area contributed by atoms with Gasteiger partial charge >= 0.3 is 0 Å². The van der Waals surface area contributed by atoms with Gasteiger partial charge in [0.05, 0.1) is 10.6 Å². The lowest BCUT2D eigenvalue weighted by atomic mass is 10.0. The molecule has 1 unspecified atom stereocenters. The zero-order valence-corrected chi connectivity index (χ0v) is 17.8. The minimum Gasteiger partial charge on any atom is -0.368 e. The molecule has 9 heteroatoms. The molecular weight excluding hydrogens is 416 g/mol. The Labute approximate surface area is 181 Å². The van der Waals surface area contributed by atoms with E-state index in [0.717, 1.165) is 19.3 Å². The van der Waals surface area contributed by atoms with Crippen LogP contribution < -0.4 is 10.7 Å². The van der Waals surface area contributed by atoms with Gasteiger partial charge in [-0.3, -0.25) is 14.6 Å². The second-order valence-electron chi connectivity index (χ2n) is 7.67. The predicted octanol–water partition coefficient (Wildman–Crippen LogP) is 2.16. The SMILES string of the molecule is NC(=O)C1CC(C(=O)c2ccc(S(=O)(=O)N3CCCCC3)cc2)=NN1c1ccccc1. The van der Waals surface area contributed by atoms with E-state index in [9.17, 15) is 18.0 Å². The molecule has 4 rings (SSSR count). The smallest absolute Gasteiger partial charge is 0.243 e. The molecule has 0 aromatic heterocycles. The predicted molar refractivity (Wildman–Crippen MR) is 117 cm³/mol. The summed E-state index contributed by atoms with van der Waals surface area (Å²) in [6.45, 7) is 1.04. The number of Topliss-reactive ketones (excluding diaryl/α,β-unsaturated/α-hetero) is 1. The molecule has 0 aliphatic carbocycles. The number of hydrogen-bond donors (Lipinski definition) is 1. The van der Waals surface area contributed by atoms with Gasteiger partial charge in [0.25, 0.3) is 0 Å². The number of amides is 1. The molecule has 0 saturated carbocycles. The number of primary amides is 1. The molecule has 2 aromatic carbocycles. The van der Waals surface area contributed by atoms with Crippen LogP contribution in [0.5, 0.6) is 0 Å². The summed E-state index contributed by atoms with van der Waals surface area (Å²) >= 11 is 0. The van der Waals surface area contributed by atoms with Crippen molar-refractivity contribution < 1.29 is 18.0 Å². The Kier molecular flexibility index (Phi) is 5.88. The Balaban J connectivity index is 1.56. The number of hydrogen-bond acceptors (Lipinski definition) is 6. The lowest BCUT2D eigenvalue weighted by molar-refractivity contribution is -0.119. The van der Waals surface area contributed by atoms with Crippen LogP contribution in [0.2, 0.25) is 0 Å². The van der Waals surface area contributed by atoms with Crippen LogP contribution in [0, 0.1) is 0 Å². The van der Waals surface area contributed by atoms with Gasteiger partial charge in [0.2, 0.25) is 21.7 Å². The van der Waals surface area contributed by atoms with Crippen molar-refractivity contribution in [3.63, 3.8) is 0 Å². The molecule has 0 bridgehead atoms. The summed E-state index contributed by atoms with van der Waals surface area (Å²) in [6, 6.07) is 14.2. The molecule has 8 nitrogen and oxygen atoms in total. The van der Waals surface area contributed by atoms with Crippen molar-refractivity contribution in [2.24, 2.45) is 10.8 Å². The van der Waals surface area contributed by atoms with Gasteiger partial charge in [-0.1, -0.05) is 24.6 Å². The van der Waals surface area contributed by atoms with E-state index in [1.54, 1.807) is 12.1 Å². The molecule has 2 aliphatic heterocycles. The summed E-state index contributed by atoms with van der Waals surface area (Å²) < 4.78 is 27.1. The van der Waals surface area contributed by atoms with E-state index in [1.165, 1.54) is 33.6 Å². The molecule has 2 aliphatic rings. The Hall–Kier alpha value is -3.04. The standard InChI is InChI=1S/C22H24N4O4S/c23-22(28)20-15-19(24-26(20)17-7-3-1-4-8-17)21(27)16-9-11-18(12-10-16)31(29,30)25-13-5-2-6-14-25/h1,3-4,7-12,20H,2,5-6,13-15H2,(H2,23,28). The second kappa shape index (κ2) is 8.60. The Morgan fingerprint density at radius 2 is 1.58 bits per heavy atom. The van der Waals surface area contributed by atoms with Gasteiger partial charge in [-0.15, -0.1) is 0 Å². The molecule has 2 aromatic rings. The summed E-state index contributed by atoms with van der Waals surface area (Å²) in [5.41, 5.74) is 6.71. The fraction of sp³-hybridized carbons (Fsp3) is 0.318. The molecule has 1 fully saturated rings. The third kappa shape index (κ3) is 4.24. The lowest BCUT2D eigenvalue weighted by Crippen LogP contribution is -2.39. The molecule has 1 saturated heterocycles. The van der Waals surface area contributed by atoms with Gasteiger partial charge in [-0.05, 0) is 49.2 Å². The molecule has 2 heterocycles. The zero-order chi connectivity index (χ0) is 22.0. The number of piperidine rings is 1. The maximum Gasteiger partial charge on any atom is 0.243 e. The highest BCUT2D eigenvalue weighted by atomic mass is 32.2. The maximum atomic E-state index is 13.0. The van der Waals surface area contributed by atoms with Crippen LogP contribution in [0.25, 0.3) is 0 Å². The van der Waals surface area contributed by atoms with E-state index in [1.807, 2.05) is 18.2 Å². The summed E-state index contributed by atoms with van der Waals surface area (Å²) in [6.07, 6.45) is 2.84. The quantitative estimate of drug-likeness (QED) is 0.692. The van der Waals surface area contributed by atoms with E-state index < -0.39 is 22.0 Å². The highest BCUT2D eigenvalue weighted by Gasteiger charge is 2.35. The van der Waals surface area contributed by atoms with Gasteiger partial charge in [0.1, 0.15) is 11.8 Å². The van der Waals surface area contributed by atoms with Gasteiger partial charge in [0, 0.05) is 25.1 Å². The Morgan fingerprint density at radius 3 is 2.19 bits per heavy atom. The first-order valence-corrected chi connectivity index (χ1v) is 11.7. The first-order chi connectivity index (χ1) is 14.9. The number of carbonyl (C=O) groups excluding carboxylic acids is 2. The topological polar surface area (TPSA) is 113 Å². The van der Waals surface area contributed by atoms with Crippen LogP contribution in [0.4, 0.5) is 5.69 Å². The van der Waals surface area contributed by atoms with Crippen molar-refractivity contribution in [1.82, 2.24) is 4.31 Å². The number of nitrogens with two attached hydrogens (primary N) is 1. The van der Waals surface area contributed by atoms with Crippen LogP contribution in [-0.4, -0.2) is 49.3 Å².